The maximum atomic E-state index is 13.6. The SMILES string of the molecule is CC.CC(=O)N1CCc2c(c(N3CCCc4cc(C)c(C(F)F)cc43)nn2C2COC2)C1. The van der Waals surface area contributed by atoms with E-state index < -0.39 is 6.43 Å². The molecule has 174 valence electrons. The number of carbonyl (C=O) groups excluding carboxylic acids is 1. The zero-order chi connectivity index (χ0) is 23.0. The molecule has 8 heteroatoms. The van der Waals surface area contributed by atoms with E-state index in [1.54, 1.807) is 19.9 Å². The molecule has 0 radical (unpaired) electrons. The molecule has 0 bridgehead atoms. The van der Waals surface area contributed by atoms with E-state index in [4.69, 9.17) is 9.84 Å². The van der Waals surface area contributed by atoms with Crippen LogP contribution in [0.25, 0.3) is 0 Å². The van der Waals surface area contributed by atoms with Crippen LogP contribution in [0.5, 0.6) is 0 Å². The van der Waals surface area contributed by atoms with Gasteiger partial charge in [-0.3, -0.25) is 9.48 Å². The van der Waals surface area contributed by atoms with Crippen LogP contribution in [0.4, 0.5) is 20.3 Å². The Hall–Kier alpha value is -2.48. The molecule has 0 spiro atoms. The van der Waals surface area contributed by atoms with Crippen LogP contribution in [0, 0.1) is 6.92 Å². The van der Waals surface area contributed by atoms with Gasteiger partial charge < -0.3 is 14.5 Å². The second kappa shape index (κ2) is 9.17. The standard InChI is InChI=1S/C22H26F2N4O2.C2H6/c1-13-8-15-4-3-6-27(20(15)9-17(13)21(23)24)22-18-10-26(14(2)29)7-5-19(18)28(25-22)16-11-30-12-16;1-2/h8-9,16,21H,3-7,10-12H2,1-2H3;1-2H3. The average molecular weight is 447 g/mol. The van der Waals surface area contributed by atoms with E-state index in [2.05, 4.69) is 9.58 Å². The number of nitrogens with zero attached hydrogens (tertiary/aromatic N) is 4. The second-order valence-electron chi connectivity index (χ2n) is 8.47. The number of anilines is 2. The van der Waals surface area contributed by atoms with Crippen molar-refractivity contribution in [3.8, 4) is 0 Å². The van der Waals surface area contributed by atoms with E-state index in [0.29, 0.717) is 31.9 Å². The van der Waals surface area contributed by atoms with Crippen molar-refractivity contribution >= 4 is 17.4 Å². The number of carbonyl (C=O) groups is 1. The van der Waals surface area contributed by atoms with Crippen molar-refractivity contribution in [3.05, 3.63) is 40.1 Å². The molecule has 2 aromatic rings. The molecule has 0 aliphatic carbocycles. The predicted molar refractivity (Wildman–Crippen MR) is 120 cm³/mol. The summed E-state index contributed by atoms with van der Waals surface area (Å²) in [6.45, 7) is 10.5. The molecule has 0 saturated carbocycles. The first kappa shape index (κ1) is 22.7. The molecule has 1 saturated heterocycles. The van der Waals surface area contributed by atoms with Gasteiger partial charge in [0.15, 0.2) is 5.82 Å². The molecule has 3 aliphatic rings. The molecule has 32 heavy (non-hydrogen) atoms. The smallest absolute Gasteiger partial charge is 0.264 e. The number of amides is 1. The highest BCUT2D eigenvalue weighted by atomic mass is 19.3. The Morgan fingerprint density at radius 1 is 1.19 bits per heavy atom. The second-order valence-corrected chi connectivity index (χ2v) is 8.47. The van der Waals surface area contributed by atoms with E-state index >= 15 is 0 Å². The fourth-order valence-corrected chi connectivity index (χ4v) is 4.81. The molecule has 0 atom stereocenters. The van der Waals surface area contributed by atoms with Gasteiger partial charge in [0.1, 0.15) is 0 Å². The Labute approximate surface area is 188 Å². The number of rotatable bonds is 3. The molecule has 5 rings (SSSR count). The van der Waals surface area contributed by atoms with E-state index in [9.17, 15) is 13.6 Å². The van der Waals surface area contributed by atoms with Crippen molar-refractivity contribution in [1.82, 2.24) is 14.7 Å². The van der Waals surface area contributed by atoms with Crippen LogP contribution >= 0.6 is 0 Å². The molecule has 1 amide bonds. The highest BCUT2D eigenvalue weighted by Gasteiger charge is 2.34. The molecule has 3 aliphatic heterocycles. The van der Waals surface area contributed by atoms with Crippen LogP contribution in [0.2, 0.25) is 0 Å². The highest BCUT2D eigenvalue weighted by molar-refractivity contribution is 5.75. The van der Waals surface area contributed by atoms with Crippen molar-refractivity contribution in [1.29, 1.82) is 0 Å². The van der Waals surface area contributed by atoms with E-state index in [1.165, 1.54) is 0 Å². The van der Waals surface area contributed by atoms with Crippen LogP contribution < -0.4 is 4.90 Å². The molecule has 1 fully saturated rings. The first-order valence-corrected chi connectivity index (χ1v) is 11.6. The van der Waals surface area contributed by atoms with Gasteiger partial charge in [0.25, 0.3) is 6.43 Å². The molecule has 0 unspecified atom stereocenters. The van der Waals surface area contributed by atoms with Crippen molar-refractivity contribution in [2.45, 2.75) is 66.0 Å². The fourth-order valence-electron chi connectivity index (χ4n) is 4.81. The lowest BCUT2D eigenvalue weighted by Crippen LogP contribution is -2.37. The molecule has 0 N–H and O–H groups in total. The number of alkyl halides is 2. The predicted octanol–water partition coefficient (Wildman–Crippen LogP) is 4.72. The third-order valence-corrected chi connectivity index (χ3v) is 6.55. The minimum Gasteiger partial charge on any atom is -0.377 e. The molecule has 6 nitrogen and oxygen atoms in total. The first-order chi connectivity index (χ1) is 15.4. The van der Waals surface area contributed by atoms with Gasteiger partial charge in [-0.2, -0.15) is 5.10 Å². The quantitative estimate of drug-likeness (QED) is 0.685. The van der Waals surface area contributed by atoms with Gasteiger partial charge in [-0.15, -0.1) is 0 Å². The summed E-state index contributed by atoms with van der Waals surface area (Å²) in [6, 6.07) is 3.74. The topological polar surface area (TPSA) is 50.6 Å². The molecule has 1 aromatic carbocycles. The van der Waals surface area contributed by atoms with Gasteiger partial charge in [0.05, 0.1) is 25.8 Å². The largest absolute Gasteiger partial charge is 0.377 e. The number of aryl methyl sites for hydroxylation is 2. The monoisotopic (exact) mass is 446 g/mol. The Balaban J connectivity index is 0.00000119. The number of fused-ring (bicyclic) bond motifs is 2. The number of halogens is 2. The zero-order valence-electron chi connectivity index (χ0n) is 19.3. The number of aromatic nitrogens is 2. The van der Waals surface area contributed by atoms with E-state index in [-0.39, 0.29) is 17.5 Å². The summed E-state index contributed by atoms with van der Waals surface area (Å²) in [5.41, 5.74) is 4.79. The summed E-state index contributed by atoms with van der Waals surface area (Å²) >= 11 is 0. The van der Waals surface area contributed by atoms with E-state index in [0.717, 1.165) is 54.1 Å². The van der Waals surface area contributed by atoms with Gasteiger partial charge in [0, 0.05) is 48.9 Å². The summed E-state index contributed by atoms with van der Waals surface area (Å²) in [7, 11) is 0. The third kappa shape index (κ3) is 3.89. The van der Waals surface area contributed by atoms with Crippen molar-refractivity contribution < 1.29 is 18.3 Å². The van der Waals surface area contributed by atoms with Crippen LogP contribution in [0.15, 0.2) is 12.1 Å². The van der Waals surface area contributed by atoms with Crippen LogP contribution in [0.1, 0.15) is 67.6 Å². The molecule has 4 heterocycles. The maximum absolute atomic E-state index is 13.6. The summed E-state index contributed by atoms with van der Waals surface area (Å²) in [5.74, 6) is 0.842. The Bertz CT molecular complexity index is 1000. The van der Waals surface area contributed by atoms with Gasteiger partial charge in [-0.05, 0) is 37.0 Å². The van der Waals surface area contributed by atoms with Crippen LogP contribution in [-0.4, -0.2) is 46.9 Å². The van der Waals surface area contributed by atoms with E-state index in [1.807, 2.05) is 24.8 Å². The van der Waals surface area contributed by atoms with Gasteiger partial charge in [-0.25, -0.2) is 8.78 Å². The van der Waals surface area contributed by atoms with Gasteiger partial charge >= 0.3 is 0 Å². The zero-order valence-corrected chi connectivity index (χ0v) is 19.3. The maximum Gasteiger partial charge on any atom is 0.264 e. The lowest BCUT2D eigenvalue weighted by atomic mass is 9.95. The van der Waals surface area contributed by atoms with Crippen molar-refractivity contribution in [2.75, 3.05) is 31.2 Å². The normalized spacial score (nSPS) is 18.0. The summed E-state index contributed by atoms with van der Waals surface area (Å²) in [5, 5.41) is 4.96. The van der Waals surface area contributed by atoms with Crippen LogP contribution in [-0.2, 0) is 28.9 Å². The minimum absolute atomic E-state index is 0.0426. The van der Waals surface area contributed by atoms with Crippen molar-refractivity contribution in [3.63, 3.8) is 0 Å². The number of hydrogen-bond acceptors (Lipinski definition) is 4. The Morgan fingerprint density at radius 3 is 2.56 bits per heavy atom. The minimum atomic E-state index is -2.51. The molecular weight excluding hydrogens is 414 g/mol. The van der Waals surface area contributed by atoms with Gasteiger partial charge in [-0.1, -0.05) is 19.9 Å². The fraction of sp³-hybridized carbons (Fsp3) is 0.583. The average Bonchev–Trinajstić information content (AvgIpc) is 3.11. The Kier molecular flexibility index (Phi) is 6.51. The number of ether oxygens (including phenoxy) is 1. The first-order valence-electron chi connectivity index (χ1n) is 11.6. The van der Waals surface area contributed by atoms with Crippen LogP contribution in [0.3, 0.4) is 0 Å². The number of hydrogen-bond donors (Lipinski definition) is 0. The lowest BCUT2D eigenvalue weighted by molar-refractivity contribution is -0.129. The highest BCUT2D eigenvalue weighted by Crippen LogP contribution is 2.41. The summed E-state index contributed by atoms with van der Waals surface area (Å²) in [4.78, 5) is 16.0. The van der Waals surface area contributed by atoms with Gasteiger partial charge in [0.2, 0.25) is 5.91 Å². The lowest BCUT2D eigenvalue weighted by Gasteiger charge is -2.33. The third-order valence-electron chi connectivity index (χ3n) is 6.55. The molecular formula is C24H32F2N4O2. The summed E-state index contributed by atoms with van der Waals surface area (Å²) < 4.78 is 34.7. The van der Waals surface area contributed by atoms with Crippen molar-refractivity contribution in [2.24, 2.45) is 0 Å². The Morgan fingerprint density at radius 2 is 1.94 bits per heavy atom. The molecule has 1 aromatic heterocycles. The number of benzene rings is 1. The summed E-state index contributed by atoms with van der Waals surface area (Å²) in [6.07, 6.45) is 0.0426.